The van der Waals surface area contributed by atoms with Crippen LogP contribution in [0.4, 0.5) is 0 Å². The van der Waals surface area contributed by atoms with E-state index in [1.54, 1.807) is 0 Å². The van der Waals surface area contributed by atoms with Crippen molar-refractivity contribution in [1.29, 1.82) is 0 Å². The monoisotopic (exact) mass is 270 g/mol. The van der Waals surface area contributed by atoms with Crippen LogP contribution in [0, 0.1) is 0 Å². The van der Waals surface area contributed by atoms with Crippen molar-refractivity contribution in [2.75, 3.05) is 25.0 Å². The first kappa shape index (κ1) is 15.5. The molecule has 0 aliphatic carbocycles. The van der Waals surface area contributed by atoms with E-state index in [0.717, 1.165) is 0 Å². The topological polar surface area (TPSA) is 52.6 Å². The molecule has 0 aromatic carbocycles. The lowest BCUT2D eigenvalue weighted by molar-refractivity contribution is -0.145. The maximum absolute atomic E-state index is 11.0. The van der Waals surface area contributed by atoms with E-state index >= 15 is 0 Å². The Hall–Kier alpha value is -0.480. The number of hydrogen-bond donors (Lipinski definition) is 0. The number of alkyl halides is 2. The molecule has 0 aliphatic heterocycles. The predicted octanol–water partition coefficient (Wildman–Crippen LogP) is 2.11. The molecule has 0 unspecified atom stereocenters. The molecule has 0 aromatic rings. The lowest BCUT2D eigenvalue weighted by Gasteiger charge is -2.03. The van der Waals surface area contributed by atoms with Crippen LogP contribution in [0.2, 0.25) is 0 Å². The Balaban J connectivity index is 3.31. The van der Waals surface area contributed by atoms with Gasteiger partial charge in [0, 0.05) is 12.8 Å². The fraction of sp³-hybridized carbons (Fsp3) is 0.800. The highest BCUT2D eigenvalue weighted by Gasteiger charge is 2.05. The number of ether oxygens (including phenoxy) is 2. The van der Waals surface area contributed by atoms with Gasteiger partial charge in [0.2, 0.25) is 0 Å². The number of carbonyl (C=O) groups is 2. The highest BCUT2D eigenvalue weighted by atomic mass is 35.5. The average molecular weight is 271 g/mol. The second-order valence-corrected chi connectivity index (χ2v) is 3.78. The number of carbonyl (C=O) groups excluding carboxylic acids is 2. The van der Waals surface area contributed by atoms with Gasteiger partial charge in [-0.2, -0.15) is 0 Å². The second-order valence-electron chi connectivity index (χ2n) is 3.03. The fourth-order valence-electron chi connectivity index (χ4n) is 0.988. The first-order chi connectivity index (χ1) is 7.70. The van der Waals surface area contributed by atoms with E-state index in [1.165, 1.54) is 0 Å². The second kappa shape index (κ2) is 11.0. The van der Waals surface area contributed by atoms with Crippen molar-refractivity contribution in [3.63, 3.8) is 0 Å². The Kier molecular flexibility index (Phi) is 10.7. The molecule has 6 heteroatoms. The highest BCUT2D eigenvalue weighted by molar-refractivity contribution is 6.18. The molecule has 0 saturated carbocycles. The number of esters is 2. The third-order valence-corrected chi connectivity index (χ3v) is 2.00. The molecule has 0 heterocycles. The molecule has 0 aromatic heterocycles. The zero-order valence-electron chi connectivity index (χ0n) is 9.05. The molecular weight excluding hydrogens is 255 g/mol. The summed E-state index contributed by atoms with van der Waals surface area (Å²) in [6, 6.07) is 0. The molecule has 0 atom stereocenters. The van der Waals surface area contributed by atoms with Crippen molar-refractivity contribution in [2.24, 2.45) is 0 Å². The molecule has 0 fully saturated rings. The summed E-state index contributed by atoms with van der Waals surface area (Å²) in [6.45, 7) is 0.469. The third-order valence-electron chi connectivity index (χ3n) is 1.69. The van der Waals surface area contributed by atoms with Gasteiger partial charge in [-0.1, -0.05) is 0 Å². The zero-order chi connectivity index (χ0) is 12.2. The molecule has 16 heavy (non-hydrogen) atoms. The Morgan fingerprint density at radius 2 is 1.19 bits per heavy atom. The van der Waals surface area contributed by atoms with E-state index in [1.807, 2.05) is 0 Å². The van der Waals surface area contributed by atoms with Crippen molar-refractivity contribution in [3.8, 4) is 0 Å². The molecule has 0 amide bonds. The van der Waals surface area contributed by atoms with Gasteiger partial charge in [-0.05, 0) is 12.8 Å². The largest absolute Gasteiger partial charge is 0.464 e. The Morgan fingerprint density at radius 3 is 1.50 bits per heavy atom. The van der Waals surface area contributed by atoms with Gasteiger partial charge in [-0.15, -0.1) is 23.2 Å². The molecule has 0 rings (SSSR count). The highest BCUT2D eigenvalue weighted by Crippen LogP contribution is 2.03. The van der Waals surface area contributed by atoms with Crippen molar-refractivity contribution < 1.29 is 19.1 Å². The van der Waals surface area contributed by atoms with Gasteiger partial charge >= 0.3 is 11.9 Å². The van der Waals surface area contributed by atoms with Crippen LogP contribution in [-0.4, -0.2) is 36.9 Å². The van der Waals surface area contributed by atoms with E-state index in [-0.39, 0.29) is 25.2 Å². The van der Waals surface area contributed by atoms with Crippen LogP contribution in [0.1, 0.15) is 25.7 Å². The standard InChI is InChI=1S/C10H16Cl2O4/c11-5-7-15-9(13)3-1-2-4-10(14)16-8-6-12/h1-8H2. The summed E-state index contributed by atoms with van der Waals surface area (Å²) < 4.78 is 9.52. The minimum Gasteiger partial charge on any atom is -0.464 e. The van der Waals surface area contributed by atoms with Gasteiger partial charge in [-0.3, -0.25) is 9.59 Å². The van der Waals surface area contributed by atoms with Crippen LogP contribution in [-0.2, 0) is 19.1 Å². The van der Waals surface area contributed by atoms with Crippen LogP contribution < -0.4 is 0 Å². The summed E-state index contributed by atoms with van der Waals surface area (Å²) >= 11 is 10.7. The number of hydrogen-bond acceptors (Lipinski definition) is 4. The molecular formula is C10H16Cl2O4. The van der Waals surface area contributed by atoms with Gasteiger partial charge in [0.25, 0.3) is 0 Å². The SMILES string of the molecule is O=C(CCCCC(=O)OCCCl)OCCCl. The van der Waals surface area contributed by atoms with Crippen molar-refractivity contribution in [1.82, 2.24) is 0 Å². The molecule has 0 radical (unpaired) electrons. The maximum Gasteiger partial charge on any atom is 0.305 e. The average Bonchev–Trinajstić information content (AvgIpc) is 2.29. The van der Waals surface area contributed by atoms with Gasteiger partial charge < -0.3 is 9.47 Å². The first-order valence-electron chi connectivity index (χ1n) is 5.14. The summed E-state index contributed by atoms with van der Waals surface area (Å²) in [6.07, 6.45) is 1.83. The molecule has 94 valence electrons. The first-order valence-corrected chi connectivity index (χ1v) is 6.20. The summed E-state index contributed by atoms with van der Waals surface area (Å²) in [7, 11) is 0. The van der Waals surface area contributed by atoms with Crippen LogP contribution in [0.25, 0.3) is 0 Å². The predicted molar refractivity (Wildman–Crippen MR) is 61.8 cm³/mol. The molecule has 0 saturated heterocycles. The fourth-order valence-corrected chi connectivity index (χ4v) is 1.14. The van der Waals surface area contributed by atoms with Crippen LogP contribution in [0.3, 0.4) is 0 Å². The molecule has 0 bridgehead atoms. The lowest BCUT2D eigenvalue weighted by Crippen LogP contribution is -2.08. The van der Waals surface area contributed by atoms with Crippen LogP contribution in [0.5, 0.6) is 0 Å². The molecule has 4 nitrogen and oxygen atoms in total. The smallest absolute Gasteiger partial charge is 0.305 e. The Labute approximate surface area is 105 Å². The van der Waals surface area contributed by atoms with E-state index in [9.17, 15) is 9.59 Å². The van der Waals surface area contributed by atoms with E-state index in [0.29, 0.717) is 37.4 Å². The summed E-state index contributed by atoms with van der Waals surface area (Å²) in [5.41, 5.74) is 0. The minimum absolute atomic E-state index is 0.234. The number of unbranched alkanes of at least 4 members (excludes halogenated alkanes) is 1. The minimum atomic E-state index is -0.283. The Morgan fingerprint density at radius 1 is 0.812 bits per heavy atom. The van der Waals surface area contributed by atoms with Gasteiger partial charge in [0.1, 0.15) is 13.2 Å². The van der Waals surface area contributed by atoms with Crippen molar-refractivity contribution >= 4 is 35.1 Å². The third kappa shape index (κ3) is 10.1. The van der Waals surface area contributed by atoms with Crippen molar-refractivity contribution in [2.45, 2.75) is 25.7 Å². The van der Waals surface area contributed by atoms with E-state index < -0.39 is 0 Å². The van der Waals surface area contributed by atoms with Crippen LogP contribution >= 0.6 is 23.2 Å². The number of rotatable bonds is 9. The normalized spacial score (nSPS) is 9.88. The quantitative estimate of drug-likeness (QED) is 0.366. The number of halogens is 2. The molecule has 0 spiro atoms. The molecule has 0 N–H and O–H groups in total. The summed E-state index contributed by atoms with van der Waals surface area (Å²) in [4.78, 5) is 22.0. The Bertz CT molecular complexity index is 187. The molecule has 0 aliphatic rings. The van der Waals surface area contributed by atoms with Crippen LogP contribution in [0.15, 0.2) is 0 Å². The van der Waals surface area contributed by atoms with Gasteiger partial charge in [0.15, 0.2) is 0 Å². The lowest BCUT2D eigenvalue weighted by atomic mass is 10.2. The van der Waals surface area contributed by atoms with Crippen molar-refractivity contribution in [3.05, 3.63) is 0 Å². The van der Waals surface area contributed by atoms with E-state index in [4.69, 9.17) is 32.7 Å². The van der Waals surface area contributed by atoms with Gasteiger partial charge in [0.05, 0.1) is 11.8 Å². The maximum atomic E-state index is 11.0. The zero-order valence-corrected chi connectivity index (χ0v) is 10.6. The van der Waals surface area contributed by atoms with E-state index in [2.05, 4.69) is 0 Å². The summed E-state index contributed by atoms with van der Waals surface area (Å²) in [5, 5.41) is 0. The van der Waals surface area contributed by atoms with Gasteiger partial charge in [-0.25, -0.2) is 0 Å². The summed E-state index contributed by atoms with van der Waals surface area (Å²) in [5.74, 6) is 0.0389.